The van der Waals surface area contributed by atoms with E-state index in [2.05, 4.69) is 5.32 Å². The first-order valence-corrected chi connectivity index (χ1v) is 5.92. The van der Waals surface area contributed by atoms with Crippen molar-refractivity contribution in [2.75, 3.05) is 5.32 Å². The number of anilines is 1. The molecule has 2 aromatic carbocycles. The summed E-state index contributed by atoms with van der Waals surface area (Å²) in [6.45, 7) is 2.44. The number of aryl methyl sites for hydroxylation is 1. The van der Waals surface area contributed by atoms with Crippen LogP contribution in [-0.2, 0) is 6.54 Å². The summed E-state index contributed by atoms with van der Waals surface area (Å²) < 4.78 is 0. The molecule has 4 nitrogen and oxygen atoms in total. The Kier molecular flexibility index (Phi) is 3.71. The topological polar surface area (TPSA) is 69.6 Å². The first-order valence-electron chi connectivity index (χ1n) is 5.92. The highest BCUT2D eigenvalue weighted by molar-refractivity contribution is 5.89. The number of hydrogen-bond donors (Lipinski definition) is 3. The Bertz CT molecular complexity index is 608. The zero-order valence-corrected chi connectivity index (χ0v) is 10.6. The molecule has 0 aliphatic rings. The average Bonchev–Trinajstić information content (AvgIpc) is 2.37. The van der Waals surface area contributed by atoms with Crippen molar-refractivity contribution in [3.8, 4) is 5.75 Å². The largest absolute Gasteiger partial charge is 0.508 e. The lowest BCUT2D eigenvalue weighted by molar-refractivity contribution is 0.0697. The fourth-order valence-corrected chi connectivity index (χ4v) is 1.81. The number of aromatic hydroxyl groups is 1. The number of phenolic OH excluding ortho intramolecular Hbond substituents is 1. The van der Waals surface area contributed by atoms with E-state index in [0.717, 1.165) is 16.8 Å². The first kappa shape index (κ1) is 13.0. The van der Waals surface area contributed by atoms with Crippen LogP contribution in [-0.4, -0.2) is 16.2 Å². The van der Waals surface area contributed by atoms with Gasteiger partial charge >= 0.3 is 5.97 Å². The maximum absolute atomic E-state index is 10.9. The Labute approximate surface area is 111 Å². The van der Waals surface area contributed by atoms with Gasteiger partial charge in [0.1, 0.15) is 5.75 Å². The molecule has 0 amide bonds. The van der Waals surface area contributed by atoms with Crippen molar-refractivity contribution in [2.24, 2.45) is 0 Å². The molecule has 0 atom stereocenters. The molecule has 0 spiro atoms. The molecular weight excluding hydrogens is 242 g/mol. The summed E-state index contributed by atoms with van der Waals surface area (Å²) in [5.74, 6) is -0.726. The van der Waals surface area contributed by atoms with Gasteiger partial charge in [-0.3, -0.25) is 0 Å². The highest BCUT2D eigenvalue weighted by Gasteiger charge is 2.06. The standard InChI is InChI=1S/C15H15NO3/c1-10-5-6-12(15(18)19)8-14(10)16-9-11-3-2-4-13(17)7-11/h2-8,16-17H,9H2,1H3,(H,18,19). The Morgan fingerprint density at radius 2 is 2.00 bits per heavy atom. The number of hydrogen-bond acceptors (Lipinski definition) is 3. The lowest BCUT2D eigenvalue weighted by Crippen LogP contribution is -2.03. The predicted octanol–water partition coefficient (Wildman–Crippen LogP) is 3.01. The van der Waals surface area contributed by atoms with Gasteiger partial charge in [-0.05, 0) is 42.3 Å². The van der Waals surface area contributed by atoms with Crippen LogP contribution >= 0.6 is 0 Å². The van der Waals surface area contributed by atoms with E-state index >= 15 is 0 Å². The van der Waals surface area contributed by atoms with Gasteiger partial charge in [0.25, 0.3) is 0 Å². The molecule has 19 heavy (non-hydrogen) atoms. The number of carboxylic acid groups (broad SMARTS) is 1. The molecule has 0 aromatic heterocycles. The molecule has 0 aliphatic carbocycles. The number of aromatic carboxylic acids is 1. The lowest BCUT2D eigenvalue weighted by atomic mass is 10.1. The van der Waals surface area contributed by atoms with Gasteiger partial charge < -0.3 is 15.5 Å². The van der Waals surface area contributed by atoms with Gasteiger partial charge in [-0.25, -0.2) is 4.79 Å². The van der Waals surface area contributed by atoms with E-state index in [-0.39, 0.29) is 11.3 Å². The highest BCUT2D eigenvalue weighted by Crippen LogP contribution is 2.19. The summed E-state index contributed by atoms with van der Waals surface area (Å²) >= 11 is 0. The second-order valence-electron chi connectivity index (χ2n) is 4.36. The molecule has 0 aliphatic heterocycles. The number of rotatable bonds is 4. The second-order valence-corrected chi connectivity index (χ2v) is 4.36. The third kappa shape index (κ3) is 3.25. The zero-order valence-electron chi connectivity index (χ0n) is 10.6. The molecule has 2 aromatic rings. The van der Waals surface area contributed by atoms with Crippen molar-refractivity contribution in [1.29, 1.82) is 0 Å². The maximum Gasteiger partial charge on any atom is 0.335 e. The highest BCUT2D eigenvalue weighted by atomic mass is 16.4. The molecule has 0 fully saturated rings. The third-order valence-corrected chi connectivity index (χ3v) is 2.88. The van der Waals surface area contributed by atoms with Crippen LogP contribution in [0.4, 0.5) is 5.69 Å². The van der Waals surface area contributed by atoms with E-state index < -0.39 is 5.97 Å². The molecule has 0 unspecified atom stereocenters. The van der Waals surface area contributed by atoms with Crippen LogP contribution in [0.25, 0.3) is 0 Å². The van der Waals surface area contributed by atoms with Crippen LogP contribution < -0.4 is 5.32 Å². The molecule has 0 heterocycles. The van der Waals surface area contributed by atoms with Gasteiger partial charge in [-0.15, -0.1) is 0 Å². The number of carboxylic acids is 1. The smallest absolute Gasteiger partial charge is 0.335 e. The van der Waals surface area contributed by atoms with Crippen molar-refractivity contribution in [1.82, 2.24) is 0 Å². The van der Waals surface area contributed by atoms with E-state index in [1.807, 2.05) is 13.0 Å². The van der Waals surface area contributed by atoms with Crippen LogP contribution in [0.1, 0.15) is 21.5 Å². The van der Waals surface area contributed by atoms with Gasteiger partial charge in [0.05, 0.1) is 5.56 Å². The molecule has 3 N–H and O–H groups in total. The summed E-state index contributed by atoms with van der Waals surface area (Å²) in [4.78, 5) is 10.9. The molecule has 2 rings (SSSR count). The van der Waals surface area contributed by atoms with Gasteiger partial charge in [0.15, 0.2) is 0 Å². The van der Waals surface area contributed by atoms with Crippen molar-refractivity contribution < 1.29 is 15.0 Å². The minimum Gasteiger partial charge on any atom is -0.508 e. The molecule has 0 radical (unpaired) electrons. The SMILES string of the molecule is Cc1ccc(C(=O)O)cc1NCc1cccc(O)c1. The van der Waals surface area contributed by atoms with E-state index in [1.54, 1.807) is 36.4 Å². The summed E-state index contributed by atoms with van der Waals surface area (Å²) in [5, 5.41) is 21.5. The predicted molar refractivity (Wildman–Crippen MR) is 73.6 cm³/mol. The Morgan fingerprint density at radius 1 is 1.21 bits per heavy atom. The third-order valence-electron chi connectivity index (χ3n) is 2.88. The van der Waals surface area contributed by atoms with E-state index in [0.29, 0.717) is 6.54 Å². The monoisotopic (exact) mass is 257 g/mol. The van der Waals surface area contributed by atoms with E-state index in [4.69, 9.17) is 5.11 Å². The Hall–Kier alpha value is -2.49. The Morgan fingerprint density at radius 3 is 2.68 bits per heavy atom. The lowest BCUT2D eigenvalue weighted by Gasteiger charge is -2.10. The molecule has 4 heteroatoms. The minimum atomic E-state index is -0.944. The van der Waals surface area contributed by atoms with Crippen LogP contribution in [0.5, 0.6) is 5.75 Å². The van der Waals surface area contributed by atoms with Gasteiger partial charge in [-0.2, -0.15) is 0 Å². The fraction of sp³-hybridized carbons (Fsp3) is 0.133. The zero-order chi connectivity index (χ0) is 13.8. The summed E-state index contributed by atoms with van der Waals surface area (Å²) in [7, 11) is 0. The molecule has 0 saturated heterocycles. The number of benzene rings is 2. The van der Waals surface area contributed by atoms with Crippen LogP contribution in [0.15, 0.2) is 42.5 Å². The minimum absolute atomic E-state index is 0.218. The Balaban J connectivity index is 2.15. The van der Waals surface area contributed by atoms with Gasteiger partial charge in [0, 0.05) is 12.2 Å². The van der Waals surface area contributed by atoms with Crippen LogP contribution in [0, 0.1) is 6.92 Å². The number of carbonyl (C=O) groups is 1. The van der Waals surface area contributed by atoms with Gasteiger partial charge in [-0.1, -0.05) is 18.2 Å². The first-order chi connectivity index (χ1) is 9.06. The maximum atomic E-state index is 10.9. The summed E-state index contributed by atoms with van der Waals surface area (Å²) in [6, 6.07) is 11.9. The molecular formula is C15H15NO3. The summed E-state index contributed by atoms with van der Waals surface area (Å²) in [6.07, 6.45) is 0. The molecule has 98 valence electrons. The molecule has 0 saturated carbocycles. The quantitative estimate of drug-likeness (QED) is 0.787. The fourth-order valence-electron chi connectivity index (χ4n) is 1.81. The second kappa shape index (κ2) is 5.44. The molecule has 0 bridgehead atoms. The normalized spacial score (nSPS) is 10.2. The van der Waals surface area contributed by atoms with E-state index in [1.165, 1.54) is 0 Å². The van der Waals surface area contributed by atoms with Crippen molar-refractivity contribution in [2.45, 2.75) is 13.5 Å². The van der Waals surface area contributed by atoms with Crippen LogP contribution in [0.2, 0.25) is 0 Å². The van der Waals surface area contributed by atoms with Crippen molar-refractivity contribution >= 4 is 11.7 Å². The summed E-state index contributed by atoms with van der Waals surface area (Å²) in [5.41, 5.74) is 2.94. The number of nitrogens with one attached hydrogen (secondary N) is 1. The van der Waals surface area contributed by atoms with Crippen molar-refractivity contribution in [3.05, 3.63) is 59.2 Å². The van der Waals surface area contributed by atoms with Gasteiger partial charge in [0.2, 0.25) is 0 Å². The average molecular weight is 257 g/mol. The van der Waals surface area contributed by atoms with E-state index in [9.17, 15) is 9.90 Å². The number of phenols is 1. The van der Waals surface area contributed by atoms with Crippen LogP contribution in [0.3, 0.4) is 0 Å². The van der Waals surface area contributed by atoms with Crippen molar-refractivity contribution in [3.63, 3.8) is 0 Å².